The van der Waals surface area contributed by atoms with E-state index in [-0.39, 0.29) is 0 Å². The first kappa shape index (κ1) is 10.9. The molecule has 0 bridgehead atoms. The van der Waals surface area contributed by atoms with Crippen LogP contribution in [0.15, 0.2) is 31.4 Å². The fraction of sp³-hybridized carbons (Fsp3) is 0. The van der Waals surface area contributed by atoms with Crippen LogP contribution in [0, 0.1) is 0 Å². The largest absolute Gasteiger partial charge is 0.397 e. The van der Waals surface area contributed by atoms with E-state index in [9.17, 15) is 0 Å². The summed E-state index contributed by atoms with van der Waals surface area (Å²) in [7, 11) is 0. The van der Waals surface area contributed by atoms with E-state index < -0.39 is 0 Å². The minimum Gasteiger partial charge on any atom is -0.397 e. The lowest BCUT2D eigenvalue weighted by molar-refractivity contribution is 1.17. The molecule has 0 saturated heterocycles. The lowest BCUT2D eigenvalue weighted by atomic mass is 9.98. The van der Waals surface area contributed by atoms with Crippen LogP contribution in [0.2, 0.25) is 0 Å². The third-order valence-corrected chi connectivity index (χ3v) is 2.56. The number of nitrogen functional groups attached to an aromatic ring is 3. The van der Waals surface area contributed by atoms with Gasteiger partial charge in [-0.25, -0.2) is 9.97 Å². The highest BCUT2D eigenvalue weighted by molar-refractivity contribution is 5.93. The molecule has 0 spiro atoms. The second kappa shape index (κ2) is 4.13. The number of hydrogen-bond acceptors (Lipinski definition) is 5. The molecule has 1 aromatic carbocycles. The third kappa shape index (κ3) is 1.78. The van der Waals surface area contributed by atoms with Crippen molar-refractivity contribution in [3.63, 3.8) is 0 Å². The Kier molecular flexibility index (Phi) is 2.66. The van der Waals surface area contributed by atoms with Crippen molar-refractivity contribution in [1.29, 1.82) is 0 Å². The van der Waals surface area contributed by atoms with Crippen LogP contribution >= 0.6 is 0 Å². The van der Waals surface area contributed by atoms with E-state index in [1.54, 1.807) is 24.5 Å². The van der Waals surface area contributed by atoms with Gasteiger partial charge in [-0.15, -0.1) is 0 Å². The van der Waals surface area contributed by atoms with Gasteiger partial charge in [0.25, 0.3) is 0 Å². The van der Waals surface area contributed by atoms with Gasteiger partial charge in [0.1, 0.15) is 6.33 Å². The maximum absolute atomic E-state index is 5.92. The van der Waals surface area contributed by atoms with Crippen LogP contribution in [-0.4, -0.2) is 9.97 Å². The molecule has 0 saturated carbocycles. The Labute approximate surface area is 99.0 Å². The number of anilines is 3. The molecule has 0 aliphatic rings. The number of hydrogen-bond donors (Lipinski definition) is 3. The van der Waals surface area contributed by atoms with Crippen molar-refractivity contribution in [3.8, 4) is 11.1 Å². The Bertz CT molecular complexity index is 563. The highest BCUT2D eigenvalue weighted by Gasteiger charge is 2.12. The van der Waals surface area contributed by atoms with Crippen LogP contribution in [0.5, 0.6) is 0 Å². The Balaban J connectivity index is 2.74. The van der Waals surface area contributed by atoms with Crippen molar-refractivity contribution in [2.75, 3.05) is 17.2 Å². The predicted molar refractivity (Wildman–Crippen MR) is 70.8 cm³/mol. The number of benzene rings is 1. The molecule has 2 rings (SSSR count). The highest BCUT2D eigenvalue weighted by atomic mass is 14.8. The topological polar surface area (TPSA) is 104 Å². The second-order valence-electron chi connectivity index (χ2n) is 3.59. The van der Waals surface area contributed by atoms with Gasteiger partial charge >= 0.3 is 0 Å². The van der Waals surface area contributed by atoms with E-state index >= 15 is 0 Å². The van der Waals surface area contributed by atoms with Crippen molar-refractivity contribution < 1.29 is 0 Å². The molecule has 6 N–H and O–H groups in total. The van der Waals surface area contributed by atoms with Crippen LogP contribution in [0.4, 0.5) is 17.1 Å². The summed E-state index contributed by atoms with van der Waals surface area (Å²) in [4.78, 5) is 7.92. The van der Waals surface area contributed by atoms with E-state index in [0.29, 0.717) is 17.1 Å². The summed E-state index contributed by atoms with van der Waals surface area (Å²) in [6.45, 7) is 3.73. The molecule has 0 aliphatic carbocycles. The fourth-order valence-electron chi connectivity index (χ4n) is 1.65. The van der Waals surface area contributed by atoms with E-state index in [2.05, 4.69) is 16.5 Å². The lowest BCUT2D eigenvalue weighted by Gasteiger charge is -2.13. The Morgan fingerprint density at radius 1 is 1.06 bits per heavy atom. The van der Waals surface area contributed by atoms with Crippen LogP contribution < -0.4 is 17.2 Å². The minimum absolute atomic E-state index is 0.375. The molecule has 5 nitrogen and oxygen atoms in total. The Morgan fingerprint density at radius 3 is 2.29 bits per heavy atom. The summed E-state index contributed by atoms with van der Waals surface area (Å²) < 4.78 is 0. The van der Waals surface area contributed by atoms with E-state index in [0.717, 1.165) is 16.7 Å². The molecular weight excluding hydrogens is 214 g/mol. The minimum atomic E-state index is 0.375. The molecule has 0 amide bonds. The molecule has 0 atom stereocenters. The second-order valence-corrected chi connectivity index (χ2v) is 3.59. The normalized spacial score (nSPS) is 10.1. The standard InChI is InChI=1S/C12H13N5/c1-2-8-9(7-4-16-6-17-5-7)3-10(13)12(15)11(8)14/h2-6H,1,13-15H2. The molecule has 1 heterocycles. The van der Waals surface area contributed by atoms with E-state index in [4.69, 9.17) is 17.2 Å². The molecule has 2 aromatic rings. The highest BCUT2D eigenvalue weighted by Crippen LogP contribution is 2.36. The van der Waals surface area contributed by atoms with Gasteiger partial charge in [0, 0.05) is 23.5 Å². The van der Waals surface area contributed by atoms with Crippen molar-refractivity contribution in [2.45, 2.75) is 0 Å². The summed E-state index contributed by atoms with van der Waals surface area (Å²) in [5.74, 6) is 0. The monoisotopic (exact) mass is 227 g/mol. The molecule has 0 radical (unpaired) electrons. The molecule has 0 unspecified atom stereocenters. The van der Waals surface area contributed by atoms with Crippen molar-refractivity contribution >= 4 is 23.1 Å². The molecule has 0 fully saturated rings. The predicted octanol–water partition coefficient (Wildman–Crippen LogP) is 1.53. The van der Waals surface area contributed by atoms with E-state index in [1.807, 2.05) is 0 Å². The van der Waals surface area contributed by atoms with Gasteiger partial charge in [-0.2, -0.15) is 0 Å². The molecule has 17 heavy (non-hydrogen) atoms. The van der Waals surface area contributed by atoms with Crippen LogP contribution in [0.25, 0.3) is 17.2 Å². The SMILES string of the molecule is C=Cc1c(-c2cncnc2)cc(N)c(N)c1N. The first-order valence-corrected chi connectivity index (χ1v) is 5.00. The maximum Gasteiger partial charge on any atom is 0.115 e. The first-order chi connectivity index (χ1) is 8.15. The number of rotatable bonds is 2. The van der Waals surface area contributed by atoms with Gasteiger partial charge in [0.05, 0.1) is 17.1 Å². The first-order valence-electron chi connectivity index (χ1n) is 5.00. The molecule has 5 heteroatoms. The van der Waals surface area contributed by atoms with Gasteiger partial charge in [0.15, 0.2) is 0 Å². The molecular formula is C12H13N5. The molecule has 86 valence electrons. The number of nitrogens with zero attached hydrogens (tertiary/aromatic N) is 2. The van der Waals surface area contributed by atoms with Gasteiger partial charge < -0.3 is 17.2 Å². The molecule has 1 aromatic heterocycles. The molecule has 0 aliphatic heterocycles. The summed E-state index contributed by atoms with van der Waals surface area (Å²) in [5.41, 5.74) is 21.1. The summed E-state index contributed by atoms with van der Waals surface area (Å²) >= 11 is 0. The van der Waals surface area contributed by atoms with E-state index in [1.165, 1.54) is 6.33 Å². The zero-order valence-electron chi connectivity index (χ0n) is 9.22. The average Bonchev–Trinajstić information content (AvgIpc) is 2.36. The van der Waals surface area contributed by atoms with Gasteiger partial charge in [-0.05, 0) is 11.6 Å². The average molecular weight is 227 g/mol. The fourth-order valence-corrected chi connectivity index (χ4v) is 1.65. The smallest absolute Gasteiger partial charge is 0.115 e. The Hall–Kier alpha value is -2.56. The van der Waals surface area contributed by atoms with Gasteiger partial charge in [0.2, 0.25) is 0 Å². The number of aromatic nitrogens is 2. The summed E-state index contributed by atoms with van der Waals surface area (Å²) in [6, 6.07) is 1.75. The van der Waals surface area contributed by atoms with Crippen molar-refractivity contribution in [1.82, 2.24) is 9.97 Å². The van der Waals surface area contributed by atoms with Crippen LogP contribution in [0.1, 0.15) is 5.56 Å². The summed E-state index contributed by atoms with van der Waals surface area (Å²) in [5, 5.41) is 0. The lowest BCUT2D eigenvalue weighted by Crippen LogP contribution is -2.03. The maximum atomic E-state index is 5.92. The Morgan fingerprint density at radius 2 is 1.71 bits per heavy atom. The third-order valence-electron chi connectivity index (χ3n) is 2.56. The number of nitrogens with two attached hydrogens (primary N) is 3. The summed E-state index contributed by atoms with van der Waals surface area (Å²) in [6.07, 6.45) is 6.48. The van der Waals surface area contributed by atoms with Gasteiger partial charge in [-0.1, -0.05) is 12.7 Å². The van der Waals surface area contributed by atoms with Crippen molar-refractivity contribution in [2.24, 2.45) is 0 Å². The van der Waals surface area contributed by atoms with Crippen molar-refractivity contribution in [3.05, 3.63) is 36.9 Å². The van der Waals surface area contributed by atoms with Crippen LogP contribution in [0.3, 0.4) is 0 Å². The zero-order valence-corrected chi connectivity index (χ0v) is 9.22. The quantitative estimate of drug-likeness (QED) is 0.675. The zero-order chi connectivity index (χ0) is 12.4. The van der Waals surface area contributed by atoms with Crippen LogP contribution in [-0.2, 0) is 0 Å². The van der Waals surface area contributed by atoms with Gasteiger partial charge in [-0.3, -0.25) is 0 Å².